The van der Waals surface area contributed by atoms with Crippen LogP contribution >= 0.6 is 11.6 Å². The van der Waals surface area contributed by atoms with Gasteiger partial charge < -0.3 is 14.5 Å². The molecule has 0 unspecified atom stereocenters. The molecule has 0 radical (unpaired) electrons. The summed E-state index contributed by atoms with van der Waals surface area (Å²) in [4.78, 5) is 23.8. The van der Waals surface area contributed by atoms with Gasteiger partial charge in [0.05, 0.1) is 12.3 Å². The molecule has 8 heteroatoms. The number of anilines is 1. The maximum absolute atomic E-state index is 12.1. The number of amides is 1. The quantitative estimate of drug-likeness (QED) is 0.704. The van der Waals surface area contributed by atoms with Crippen molar-refractivity contribution in [3.63, 3.8) is 0 Å². The Balaban J connectivity index is 1.77. The van der Waals surface area contributed by atoms with Gasteiger partial charge in [-0.05, 0) is 54.9 Å². The molecule has 0 aliphatic carbocycles. The van der Waals surface area contributed by atoms with Crippen LogP contribution in [0.5, 0.6) is 0 Å². The van der Waals surface area contributed by atoms with Gasteiger partial charge in [-0.3, -0.25) is 4.79 Å². The first-order valence-corrected chi connectivity index (χ1v) is 7.84. The van der Waals surface area contributed by atoms with Crippen LogP contribution in [0.15, 0.2) is 53.1 Å². The molecule has 0 fully saturated rings. The van der Waals surface area contributed by atoms with Gasteiger partial charge in [0.2, 0.25) is 0 Å². The lowest BCUT2D eigenvalue weighted by atomic mass is 10.2. The highest BCUT2D eigenvalue weighted by Gasteiger charge is 2.13. The van der Waals surface area contributed by atoms with Crippen LogP contribution in [0.1, 0.15) is 28.0 Å². The van der Waals surface area contributed by atoms with E-state index < -0.39 is 11.9 Å². The zero-order chi connectivity index (χ0) is 17.8. The van der Waals surface area contributed by atoms with E-state index >= 15 is 0 Å². The van der Waals surface area contributed by atoms with E-state index in [9.17, 15) is 9.59 Å². The van der Waals surface area contributed by atoms with Gasteiger partial charge in [-0.1, -0.05) is 6.07 Å². The third kappa shape index (κ3) is 3.89. The highest BCUT2D eigenvalue weighted by Crippen LogP contribution is 2.18. The Morgan fingerprint density at radius 3 is 2.84 bits per heavy atom. The number of rotatable bonds is 5. The van der Waals surface area contributed by atoms with Crippen molar-refractivity contribution in [2.45, 2.75) is 6.92 Å². The Hall–Kier alpha value is -3.06. The first-order chi connectivity index (χ1) is 12.1. The maximum Gasteiger partial charge on any atom is 0.358 e. The van der Waals surface area contributed by atoms with Crippen molar-refractivity contribution < 1.29 is 18.7 Å². The summed E-state index contributed by atoms with van der Waals surface area (Å²) >= 11 is 5.67. The Morgan fingerprint density at radius 1 is 1.28 bits per heavy atom. The SMILES string of the molecule is CCOC(=O)c1ccn(-c2cccc(NC(=O)c3ccc(Cl)o3)c2)n1. The molecule has 1 aromatic carbocycles. The fraction of sp³-hybridized carbons (Fsp3) is 0.118. The van der Waals surface area contributed by atoms with Crippen LogP contribution in [-0.2, 0) is 4.74 Å². The number of nitrogens with zero attached hydrogens (tertiary/aromatic N) is 2. The Kier molecular flexibility index (Phi) is 4.85. The summed E-state index contributed by atoms with van der Waals surface area (Å²) in [5.74, 6) is -0.795. The molecule has 0 spiro atoms. The molecular weight excluding hydrogens is 346 g/mol. The van der Waals surface area contributed by atoms with Gasteiger partial charge in [0.25, 0.3) is 5.91 Å². The molecule has 1 amide bonds. The zero-order valence-corrected chi connectivity index (χ0v) is 14.0. The lowest BCUT2D eigenvalue weighted by Crippen LogP contribution is -2.11. The largest absolute Gasteiger partial charge is 0.461 e. The third-order valence-electron chi connectivity index (χ3n) is 3.24. The molecule has 3 aromatic rings. The molecule has 2 aromatic heterocycles. The summed E-state index contributed by atoms with van der Waals surface area (Å²) in [6.07, 6.45) is 1.64. The Bertz CT molecular complexity index is 916. The zero-order valence-electron chi connectivity index (χ0n) is 13.2. The summed E-state index contributed by atoms with van der Waals surface area (Å²) in [6.45, 7) is 2.01. The van der Waals surface area contributed by atoms with Gasteiger partial charge in [0.15, 0.2) is 16.7 Å². The first-order valence-electron chi connectivity index (χ1n) is 7.46. The van der Waals surface area contributed by atoms with Crippen LogP contribution in [0.25, 0.3) is 5.69 Å². The fourth-order valence-corrected chi connectivity index (χ4v) is 2.28. The van der Waals surface area contributed by atoms with Crippen molar-refractivity contribution in [2.75, 3.05) is 11.9 Å². The average molecular weight is 360 g/mol. The van der Waals surface area contributed by atoms with E-state index in [1.807, 2.05) is 0 Å². The van der Waals surface area contributed by atoms with Crippen LogP contribution in [-0.4, -0.2) is 28.3 Å². The predicted octanol–water partition coefficient (Wildman–Crippen LogP) is 3.55. The van der Waals surface area contributed by atoms with Crippen LogP contribution < -0.4 is 5.32 Å². The normalized spacial score (nSPS) is 10.5. The van der Waals surface area contributed by atoms with E-state index in [0.717, 1.165) is 0 Å². The second-order valence-electron chi connectivity index (χ2n) is 4.97. The number of aromatic nitrogens is 2. The minimum absolute atomic E-state index is 0.110. The number of furan rings is 1. The second-order valence-corrected chi connectivity index (χ2v) is 5.35. The number of carbonyl (C=O) groups is 2. The van der Waals surface area contributed by atoms with E-state index in [0.29, 0.717) is 11.4 Å². The van der Waals surface area contributed by atoms with Crippen molar-refractivity contribution >= 4 is 29.2 Å². The van der Waals surface area contributed by atoms with Crippen LogP contribution in [0, 0.1) is 0 Å². The number of nitrogens with one attached hydrogen (secondary N) is 1. The summed E-state index contributed by atoms with van der Waals surface area (Å²) in [5, 5.41) is 7.02. The molecule has 2 heterocycles. The third-order valence-corrected chi connectivity index (χ3v) is 3.44. The van der Waals surface area contributed by atoms with Crippen LogP contribution in [0.2, 0.25) is 5.22 Å². The molecule has 0 atom stereocenters. The summed E-state index contributed by atoms with van der Waals surface area (Å²) in [5.41, 5.74) is 1.43. The molecule has 0 saturated heterocycles. The van der Waals surface area contributed by atoms with Crippen LogP contribution in [0.3, 0.4) is 0 Å². The molecular formula is C17H14ClN3O4. The lowest BCUT2D eigenvalue weighted by Gasteiger charge is -2.06. The highest BCUT2D eigenvalue weighted by atomic mass is 35.5. The molecule has 0 aliphatic rings. The molecule has 1 N–H and O–H groups in total. The topological polar surface area (TPSA) is 86.4 Å². The first kappa shape index (κ1) is 16.8. The van der Waals surface area contributed by atoms with Crippen molar-refractivity contribution in [1.82, 2.24) is 9.78 Å². The number of ether oxygens (including phenoxy) is 1. The smallest absolute Gasteiger partial charge is 0.358 e. The van der Waals surface area contributed by atoms with Crippen molar-refractivity contribution in [3.8, 4) is 5.69 Å². The van der Waals surface area contributed by atoms with Crippen molar-refractivity contribution in [3.05, 3.63) is 65.3 Å². The van der Waals surface area contributed by atoms with Gasteiger partial charge in [0, 0.05) is 11.9 Å². The van der Waals surface area contributed by atoms with Gasteiger partial charge in [-0.2, -0.15) is 5.10 Å². The van der Waals surface area contributed by atoms with E-state index in [2.05, 4.69) is 10.4 Å². The number of carbonyl (C=O) groups excluding carboxylic acids is 2. The van der Waals surface area contributed by atoms with E-state index in [4.69, 9.17) is 20.8 Å². The molecule has 0 bridgehead atoms. The minimum Gasteiger partial charge on any atom is -0.461 e. The number of benzene rings is 1. The standard InChI is InChI=1S/C17H14ClN3O4/c1-2-24-17(23)13-8-9-21(20-13)12-5-3-4-11(10-12)19-16(22)14-6-7-15(18)25-14/h3-10H,2H2,1H3,(H,19,22). The van der Waals surface area contributed by atoms with Crippen molar-refractivity contribution in [1.29, 1.82) is 0 Å². The minimum atomic E-state index is -0.486. The number of halogens is 1. The second kappa shape index (κ2) is 7.23. The Morgan fingerprint density at radius 2 is 2.12 bits per heavy atom. The number of hydrogen-bond acceptors (Lipinski definition) is 5. The van der Waals surface area contributed by atoms with E-state index in [1.165, 1.54) is 16.8 Å². The van der Waals surface area contributed by atoms with E-state index in [-0.39, 0.29) is 23.3 Å². The number of hydrogen-bond donors (Lipinski definition) is 1. The summed E-state index contributed by atoms with van der Waals surface area (Å²) < 4.78 is 11.5. The molecule has 7 nitrogen and oxygen atoms in total. The predicted molar refractivity (Wildman–Crippen MR) is 91.2 cm³/mol. The van der Waals surface area contributed by atoms with Gasteiger partial charge in [-0.25, -0.2) is 9.48 Å². The molecule has 0 saturated carbocycles. The van der Waals surface area contributed by atoms with Crippen LogP contribution in [0.4, 0.5) is 5.69 Å². The number of esters is 1. The van der Waals surface area contributed by atoms with Gasteiger partial charge in [-0.15, -0.1) is 0 Å². The lowest BCUT2D eigenvalue weighted by molar-refractivity contribution is 0.0519. The van der Waals surface area contributed by atoms with Gasteiger partial charge in [0.1, 0.15) is 0 Å². The highest BCUT2D eigenvalue weighted by molar-refractivity contribution is 6.29. The van der Waals surface area contributed by atoms with Gasteiger partial charge >= 0.3 is 5.97 Å². The molecule has 3 rings (SSSR count). The monoisotopic (exact) mass is 359 g/mol. The fourth-order valence-electron chi connectivity index (χ4n) is 2.14. The summed E-state index contributed by atoms with van der Waals surface area (Å²) in [7, 11) is 0. The molecule has 128 valence electrons. The Labute approximate surface area is 148 Å². The van der Waals surface area contributed by atoms with Crippen molar-refractivity contribution in [2.24, 2.45) is 0 Å². The summed E-state index contributed by atoms with van der Waals surface area (Å²) in [6, 6.07) is 11.5. The van der Waals surface area contributed by atoms with E-state index in [1.54, 1.807) is 43.5 Å². The average Bonchev–Trinajstić information content (AvgIpc) is 3.24. The molecule has 0 aliphatic heterocycles. The maximum atomic E-state index is 12.1. The molecule has 25 heavy (non-hydrogen) atoms.